The Morgan fingerprint density at radius 1 is 1.60 bits per heavy atom. The van der Waals surface area contributed by atoms with E-state index in [0.717, 1.165) is 12.3 Å². The minimum absolute atomic E-state index is 0.261. The molecule has 4 heteroatoms. The first-order chi connectivity index (χ1) is 6.93. The van der Waals surface area contributed by atoms with Crippen molar-refractivity contribution in [3.63, 3.8) is 0 Å². The molecule has 0 aliphatic heterocycles. The summed E-state index contributed by atoms with van der Waals surface area (Å²) in [4.78, 5) is 0. The van der Waals surface area contributed by atoms with Crippen LogP contribution in [0.3, 0.4) is 0 Å². The van der Waals surface area contributed by atoms with Crippen LogP contribution < -0.4 is 11.2 Å². The first-order valence-electron chi connectivity index (χ1n) is 5.55. The van der Waals surface area contributed by atoms with E-state index in [1.54, 1.807) is 0 Å². The van der Waals surface area contributed by atoms with Gasteiger partial charge in [0.1, 0.15) is 0 Å². The lowest BCUT2D eigenvalue weighted by Crippen LogP contribution is -2.35. The van der Waals surface area contributed by atoms with E-state index in [0.29, 0.717) is 17.3 Å². The topological polar surface area (TPSA) is 50.4 Å². The molecule has 0 aromatic carbocycles. The summed E-state index contributed by atoms with van der Waals surface area (Å²) >= 11 is 4.75. The smallest absolute Gasteiger partial charge is 0.184 e. The molecule has 2 bridgehead atoms. The van der Waals surface area contributed by atoms with Crippen molar-refractivity contribution in [3.8, 4) is 0 Å². The molecular weight excluding hydrogens is 206 g/mol. The zero-order chi connectivity index (χ0) is 11.2. The van der Waals surface area contributed by atoms with Gasteiger partial charge in [-0.05, 0) is 42.3 Å². The van der Waals surface area contributed by atoms with Crippen LogP contribution in [0.2, 0.25) is 0 Å². The first kappa shape index (κ1) is 10.9. The van der Waals surface area contributed by atoms with Crippen molar-refractivity contribution in [2.75, 3.05) is 0 Å². The number of nitrogens with one attached hydrogen (secondary N) is 1. The number of nitrogens with two attached hydrogens (primary N) is 1. The van der Waals surface area contributed by atoms with Crippen LogP contribution in [-0.2, 0) is 0 Å². The van der Waals surface area contributed by atoms with Gasteiger partial charge in [0.25, 0.3) is 0 Å². The van der Waals surface area contributed by atoms with Crippen molar-refractivity contribution < 1.29 is 0 Å². The van der Waals surface area contributed by atoms with E-state index < -0.39 is 0 Å². The highest BCUT2D eigenvalue weighted by Crippen LogP contribution is 2.57. The number of hydrogen-bond donors (Lipinski definition) is 2. The molecule has 0 heterocycles. The van der Waals surface area contributed by atoms with Crippen molar-refractivity contribution >= 4 is 23.0 Å². The quantitative estimate of drug-likeness (QED) is 0.529. The third-order valence-electron chi connectivity index (χ3n) is 4.56. The molecule has 0 amide bonds. The van der Waals surface area contributed by atoms with Crippen molar-refractivity contribution in [1.29, 1.82) is 0 Å². The van der Waals surface area contributed by atoms with E-state index in [-0.39, 0.29) is 5.11 Å². The predicted molar refractivity (Wildman–Crippen MR) is 66.5 cm³/mol. The second kappa shape index (κ2) is 3.44. The summed E-state index contributed by atoms with van der Waals surface area (Å²) in [5.41, 5.74) is 9.82. The van der Waals surface area contributed by atoms with Crippen LogP contribution in [0.25, 0.3) is 0 Å². The van der Waals surface area contributed by atoms with E-state index in [4.69, 9.17) is 18.0 Å². The lowest BCUT2D eigenvalue weighted by Gasteiger charge is -2.36. The zero-order valence-corrected chi connectivity index (χ0v) is 10.4. The molecule has 84 valence electrons. The van der Waals surface area contributed by atoms with Gasteiger partial charge < -0.3 is 5.73 Å². The van der Waals surface area contributed by atoms with Gasteiger partial charge in [0.15, 0.2) is 5.11 Å². The Morgan fingerprint density at radius 3 is 2.73 bits per heavy atom. The van der Waals surface area contributed by atoms with E-state index in [1.165, 1.54) is 12.1 Å². The van der Waals surface area contributed by atoms with Crippen molar-refractivity contribution in [2.24, 2.45) is 34.0 Å². The number of rotatable bonds is 1. The van der Waals surface area contributed by atoms with Crippen molar-refractivity contribution in [1.82, 2.24) is 5.43 Å². The summed E-state index contributed by atoms with van der Waals surface area (Å²) in [5, 5.41) is 4.58. The van der Waals surface area contributed by atoms with Crippen LogP contribution in [0.5, 0.6) is 0 Å². The van der Waals surface area contributed by atoms with Crippen molar-refractivity contribution in [2.45, 2.75) is 33.6 Å². The van der Waals surface area contributed by atoms with Crippen LogP contribution >= 0.6 is 12.2 Å². The third kappa shape index (κ3) is 1.65. The van der Waals surface area contributed by atoms with Gasteiger partial charge in [-0.3, -0.25) is 5.43 Å². The van der Waals surface area contributed by atoms with Gasteiger partial charge in [-0.2, -0.15) is 5.10 Å². The molecule has 0 aromatic heterocycles. The highest BCUT2D eigenvalue weighted by Gasteiger charge is 2.53. The fourth-order valence-electron chi connectivity index (χ4n) is 3.13. The molecular formula is C11H19N3S. The molecule has 15 heavy (non-hydrogen) atoms. The minimum atomic E-state index is 0.261. The minimum Gasteiger partial charge on any atom is -0.375 e. The molecule has 0 aromatic rings. The Bertz CT molecular complexity index is 318. The summed E-state index contributed by atoms with van der Waals surface area (Å²) in [6.45, 7) is 7.08. The average molecular weight is 225 g/mol. The molecule has 3 N–H and O–H groups in total. The summed E-state index contributed by atoms with van der Waals surface area (Å²) in [6, 6.07) is 0. The zero-order valence-electron chi connectivity index (χ0n) is 9.58. The first-order valence-corrected chi connectivity index (χ1v) is 5.95. The third-order valence-corrected chi connectivity index (χ3v) is 4.65. The largest absolute Gasteiger partial charge is 0.375 e. The maximum atomic E-state index is 5.37. The fourth-order valence-corrected chi connectivity index (χ4v) is 3.18. The molecule has 2 fully saturated rings. The molecule has 2 aliphatic rings. The molecule has 0 spiro atoms. The van der Waals surface area contributed by atoms with Crippen LogP contribution in [0.1, 0.15) is 33.6 Å². The van der Waals surface area contributed by atoms with Crippen LogP contribution in [-0.4, -0.2) is 10.8 Å². The van der Waals surface area contributed by atoms with E-state index in [9.17, 15) is 0 Å². The second-order valence-corrected chi connectivity index (χ2v) is 5.87. The Hall–Kier alpha value is -0.640. The van der Waals surface area contributed by atoms with Crippen LogP contribution in [0.4, 0.5) is 0 Å². The van der Waals surface area contributed by atoms with Gasteiger partial charge in [-0.15, -0.1) is 0 Å². The monoisotopic (exact) mass is 225 g/mol. The summed E-state index contributed by atoms with van der Waals surface area (Å²) in [5.74, 6) is 2.12. The summed E-state index contributed by atoms with van der Waals surface area (Å²) in [6.07, 6.45) is 2.39. The Labute approximate surface area is 96.5 Å². The van der Waals surface area contributed by atoms with E-state index in [1.807, 2.05) is 0 Å². The molecule has 0 saturated heterocycles. The fraction of sp³-hybridized carbons (Fsp3) is 0.818. The summed E-state index contributed by atoms with van der Waals surface area (Å²) < 4.78 is 0. The SMILES string of the molecule is C[C@@H]1[C@H]2C[C@@H](CC2=NNC(N)=S)C1(C)C. The molecule has 2 saturated carbocycles. The Morgan fingerprint density at radius 2 is 2.27 bits per heavy atom. The normalized spacial score (nSPS) is 39.7. The van der Waals surface area contributed by atoms with Crippen molar-refractivity contribution in [3.05, 3.63) is 0 Å². The number of fused-ring (bicyclic) bond motifs is 2. The van der Waals surface area contributed by atoms with Gasteiger partial charge >= 0.3 is 0 Å². The van der Waals surface area contributed by atoms with Crippen LogP contribution in [0.15, 0.2) is 5.10 Å². The lowest BCUT2D eigenvalue weighted by atomic mass is 9.69. The maximum Gasteiger partial charge on any atom is 0.184 e. The highest BCUT2D eigenvalue weighted by molar-refractivity contribution is 7.80. The number of thiocarbonyl (C=S) groups is 1. The van der Waals surface area contributed by atoms with E-state index >= 15 is 0 Å². The van der Waals surface area contributed by atoms with Gasteiger partial charge in [0.05, 0.1) is 0 Å². The molecule has 2 rings (SSSR count). The van der Waals surface area contributed by atoms with Gasteiger partial charge in [-0.1, -0.05) is 20.8 Å². The van der Waals surface area contributed by atoms with Gasteiger partial charge in [-0.25, -0.2) is 0 Å². The second-order valence-electron chi connectivity index (χ2n) is 5.43. The van der Waals surface area contributed by atoms with Crippen LogP contribution in [0, 0.1) is 23.2 Å². The number of hydrazone groups is 1. The standard InChI is InChI=1S/C11H19N3S/c1-6-8-4-7(11(6,2)3)5-9(8)13-14-10(12)15/h6-8H,4-5H2,1-3H3,(H3,12,14,15)/t6-,7+,8-/m1/s1. The summed E-state index contributed by atoms with van der Waals surface area (Å²) in [7, 11) is 0. The lowest BCUT2D eigenvalue weighted by molar-refractivity contribution is 0.182. The Kier molecular flexibility index (Phi) is 2.49. The number of nitrogens with zero attached hydrogens (tertiary/aromatic N) is 1. The molecule has 0 radical (unpaired) electrons. The number of hydrogen-bond acceptors (Lipinski definition) is 2. The average Bonchev–Trinajstić information content (AvgIpc) is 2.64. The molecule has 3 nitrogen and oxygen atoms in total. The molecule has 0 unspecified atom stereocenters. The molecule has 2 aliphatic carbocycles. The van der Waals surface area contributed by atoms with Gasteiger partial charge in [0, 0.05) is 11.6 Å². The predicted octanol–water partition coefficient (Wildman–Crippen LogP) is 1.88. The highest BCUT2D eigenvalue weighted by atomic mass is 32.1. The van der Waals surface area contributed by atoms with Gasteiger partial charge in [0.2, 0.25) is 0 Å². The van der Waals surface area contributed by atoms with E-state index in [2.05, 4.69) is 31.3 Å². The maximum absolute atomic E-state index is 5.37. The Balaban J connectivity index is 2.12. The molecule has 3 atom stereocenters.